The number of halogens is 2. The summed E-state index contributed by atoms with van der Waals surface area (Å²) >= 11 is -1.82. The molecule has 0 saturated carbocycles. The number of hydrogen-bond donors (Lipinski definition) is 1. The molecule has 1 atom stereocenters. The molecule has 0 aliphatic carbocycles. The predicted octanol–water partition coefficient (Wildman–Crippen LogP) is 5.37. The first-order chi connectivity index (χ1) is 17.4. The summed E-state index contributed by atoms with van der Waals surface area (Å²) in [6, 6.07) is 11.7. The van der Waals surface area contributed by atoms with Crippen LogP contribution in [-0.2, 0) is 22.6 Å². The number of benzene rings is 2. The first-order valence-corrected chi connectivity index (χ1v) is 12.5. The van der Waals surface area contributed by atoms with Gasteiger partial charge in [0.05, 0.1) is 12.7 Å². The van der Waals surface area contributed by atoms with Crippen molar-refractivity contribution in [3.05, 3.63) is 83.7 Å². The lowest BCUT2D eigenvalue weighted by molar-refractivity contribution is 0.0285. The number of nitrogens with two attached hydrogens (primary N) is 1. The molecule has 10 heteroatoms. The average molecular weight is 529 g/mol. The predicted molar refractivity (Wildman–Crippen MR) is 142 cm³/mol. The van der Waals surface area contributed by atoms with Gasteiger partial charge < -0.3 is 19.9 Å². The molecule has 0 saturated heterocycles. The Morgan fingerprint density at radius 1 is 1.22 bits per heavy atom. The summed E-state index contributed by atoms with van der Waals surface area (Å²) in [7, 11) is 3.19. The van der Waals surface area contributed by atoms with Crippen molar-refractivity contribution in [1.82, 2.24) is 8.87 Å². The third kappa shape index (κ3) is 6.99. The standard InChI is InChI=1S/C27H30F2N4O3S/c1-27(2,3)36-26(34)32(5)16-18-11-25(23-10-9-21(28)13-24(23)29)33(17-18)37(35)22-8-6-7-19(12-22)20(14-30)15-31-4/h6-15,17H,16,30H2,1-5H3. The topological polar surface area (TPSA) is 95.9 Å². The lowest BCUT2D eigenvalue weighted by Gasteiger charge is -2.24. The Labute approximate surface area is 218 Å². The van der Waals surface area contributed by atoms with Gasteiger partial charge in [-0.1, -0.05) is 12.1 Å². The summed E-state index contributed by atoms with van der Waals surface area (Å²) in [4.78, 5) is 18.2. The highest BCUT2D eigenvalue weighted by molar-refractivity contribution is 7.90. The first kappa shape index (κ1) is 27.9. The number of rotatable bonds is 7. The zero-order valence-electron chi connectivity index (χ0n) is 21.4. The minimum atomic E-state index is -1.82. The van der Waals surface area contributed by atoms with Crippen molar-refractivity contribution >= 4 is 29.2 Å². The molecule has 3 rings (SSSR count). The van der Waals surface area contributed by atoms with Crippen LogP contribution in [-0.4, -0.2) is 45.4 Å². The second kappa shape index (κ2) is 11.6. The fourth-order valence-corrected chi connectivity index (χ4v) is 4.75. The van der Waals surface area contributed by atoms with Crippen LogP contribution in [0.5, 0.6) is 0 Å². The van der Waals surface area contributed by atoms with Gasteiger partial charge in [0.25, 0.3) is 0 Å². The Balaban J connectivity index is 2.05. The van der Waals surface area contributed by atoms with Gasteiger partial charge >= 0.3 is 6.09 Å². The van der Waals surface area contributed by atoms with E-state index in [0.29, 0.717) is 21.6 Å². The summed E-state index contributed by atoms with van der Waals surface area (Å²) in [5.74, 6) is -1.53. The van der Waals surface area contributed by atoms with Gasteiger partial charge in [-0.15, -0.1) is 0 Å². The largest absolute Gasteiger partial charge is 0.587 e. The van der Waals surface area contributed by atoms with E-state index in [-0.39, 0.29) is 17.8 Å². The van der Waals surface area contributed by atoms with E-state index in [4.69, 9.17) is 10.5 Å². The van der Waals surface area contributed by atoms with Crippen LogP contribution in [0.4, 0.5) is 13.6 Å². The summed E-state index contributed by atoms with van der Waals surface area (Å²) in [5.41, 5.74) is 7.29. The van der Waals surface area contributed by atoms with Crippen LogP contribution in [0.3, 0.4) is 0 Å². The fraction of sp³-hybridized carbons (Fsp3) is 0.259. The minimum absolute atomic E-state index is 0.0673. The summed E-state index contributed by atoms with van der Waals surface area (Å²) in [6.45, 7) is 5.40. The van der Waals surface area contributed by atoms with E-state index in [0.717, 1.165) is 12.1 Å². The molecule has 7 nitrogen and oxygen atoms in total. The molecule has 2 N–H and O–H groups in total. The maximum Gasteiger partial charge on any atom is 0.410 e. The second-order valence-electron chi connectivity index (χ2n) is 9.31. The van der Waals surface area contributed by atoms with Crippen LogP contribution in [0.2, 0.25) is 0 Å². The van der Waals surface area contributed by atoms with Gasteiger partial charge in [0.2, 0.25) is 0 Å². The highest BCUT2D eigenvalue weighted by Gasteiger charge is 2.25. The molecule has 0 fully saturated rings. The van der Waals surface area contributed by atoms with Gasteiger partial charge in [-0.2, -0.15) is 3.97 Å². The SMILES string of the molecule is CN=CC(=CN)c1cccc([S+]([O-])n2cc(CN(C)C(=O)OC(C)(C)C)cc2-c2ccc(F)cc2F)c1. The van der Waals surface area contributed by atoms with Crippen molar-refractivity contribution in [2.24, 2.45) is 10.7 Å². The lowest BCUT2D eigenvalue weighted by atomic mass is 10.1. The molecule has 0 aliphatic heterocycles. The number of carbonyl (C=O) groups is 1. The van der Waals surface area contributed by atoms with Crippen LogP contribution in [0, 0.1) is 11.6 Å². The van der Waals surface area contributed by atoms with E-state index >= 15 is 0 Å². The minimum Gasteiger partial charge on any atom is -0.587 e. The second-order valence-corrected chi connectivity index (χ2v) is 10.7. The molecule has 0 spiro atoms. The summed E-state index contributed by atoms with van der Waals surface area (Å²) in [6.07, 6.45) is 4.02. The first-order valence-electron chi connectivity index (χ1n) is 11.4. The molecule has 2 aromatic carbocycles. The summed E-state index contributed by atoms with van der Waals surface area (Å²) < 4.78 is 49.0. The third-order valence-electron chi connectivity index (χ3n) is 5.17. The van der Waals surface area contributed by atoms with Crippen LogP contribution in [0.15, 0.2) is 70.8 Å². The third-order valence-corrected chi connectivity index (χ3v) is 6.49. The van der Waals surface area contributed by atoms with Crippen molar-refractivity contribution < 1.29 is 22.9 Å². The van der Waals surface area contributed by atoms with Crippen molar-refractivity contribution in [2.45, 2.75) is 37.8 Å². The average Bonchev–Trinajstić information content (AvgIpc) is 3.24. The van der Waals surface area contributed by atoms with Crippen molar-refractivity contribution in [1.29, 1.82) is 0 Å². The smallest absolute Gasteiger partial charge is 0.410 e. The number of aliphatic imine (C=N–C) groups is 1. The fourth-order valence-electron chi connectivity index (χ4n) is 3.54. The Bertz CT molecular complexity index is 1330. The van der Waals surface area contributed by atoms with Crippen LogP contribution in [0.1, 0.15) is 31.9 Å². The van der Waals surface area contributed by atoms with Gasteiger partial charge in [-0.3, -0.25) is 4.99 Å². The quantitative estimate of drug-likeness (QED) is 0.329. The van der Waals surface area contributed by atoms with Crippen LogP contribution >= 0.6 is 0 Å². The molecule has 0 aliphatic rings. The number of amides is 1. The monoisotopic (exact) mass is 528 g/mol. The lowest BCUT2D eigenvalue weighted by Crippen LogP contribution is -2.33. The highest BCUT2D eigenvalue weighted by Crippen LogP contribution is 2.31. The van der Waals surface area contributed by atoms with Gasteiger partial charge in [0.15, 0.2) is 4.90 Å². The van der Waals surface area contributed by atoms with E-state index in [1.54, 1.807) is 77.6 Å². The Morgan fingerprint density at radius 2 is 1.95 bits per heavy atom. The Hall–Kier alpha value is -3.63. The van der Waals surface area contributed by atoms with E-state index in [1.165, 1.54) is 21.1 Å². The molecule has 37 heavy (non-hydrogen) atoms. The highest BCUT2D eigenvalue weighted by atomic mass is 32.2. The van der Waals surface area contributed by atoms with E-state index < -0.39 is 34.7 Å². The Kier molecular flexibility index (Phi) is 8.77. The molecule has 1 heterocycles. The summed E-state index contributed by atoms with van der Waals surface area (Å²) in [5, 5.41) is 0. The number of aromatic nitrogens is 1. The number of allylic oxidation sites excluding steroid dienone is 1. The van der Waals surface area contributed by atoms with Crippen molar-refractivity contribution in [3.63, 3.8) is 0 Å². The molecule has 1 unspecified atom stereocenters. The number of ether oxygens (including phenoxy) is 1. The zero-order chi connectivity index (χ0) is 27.3. The zero-order valence-corrected chi connectivity index (χ0v) is 22.2. The van der Waals surface area contributed by atoms with Gasteiger partial charge in [-0.25, -0.2) is 13.6 Å². The molecule has 3 aromatic rings. The molecule has 1 aromatic heterocycles. The van der Waals surface area contributed by atoms with Crippen LogP contribution in [0.25, 0.3) is 16.8 Å². The van der Waals surface area contributed by atoms with E-state index in [1.807, 2.05) is 0 Å². The molecular weight excluding hydrogens is 498 g/mol. The molecule has 0 radical (unpaired) electrons. The molecule has 196 valence electrons. The molecular formula is C27H30F2N4O3S. The molecule has 0 bridgehead atoms. The van der Waals surface area contributed by atoms with Crippen molar-refractivity contribution in [3.8, 4) is 11.3 Å². The number of nitrogens with zero attached hydrogens (tertiary/aromatic N) is 3. The number of hydrogen-bond acceptors (Lipinski definition) is 5. The normalized spacial score (nSPS) is 13.1. The van der Waals surface area contributed by atoms with Crippen molar-refractivity contribution in [2.75, 3.05) is 14.1 Å². The maximum atomic E-state index is 14.8. The Morgan fingerprint density at radius 3 is 2.57 bits per heavy atom. The van der Waals surface area contributed by atoms with Gasteiger partial charge in [0.1, 0.15) is 34.3 Å². The van der Waals surface area contributed by atoms with E-state index in [9.17, 15) is 18.1 Å². The van der Waals surface area contributed by atoms with Gasteiger partial charge in [-0.05, 0) is 56.2 Å². The maximum absolute atomic E-state index is 14.8. The van der Waals surface area contributed by atoms with Gasteiger partial charge in [0, 0.05) is 49.8 Å². The molecule has 1 amide bonds. The number of carbonyl (C=O) groups excluding carboxylic acids is 1. The van der Waals surface area contributed by atoms with E-state index in [2.05, 4.69) is 4.99 Å². The van der Waals surface area contributed by atoms with Crippen LogP contribution < -0.4 is 5.73 Å².